The fraction of sp³-hybridized carbons (Fsp3) is 0.833. The van der Waals surface area contributed by atoms with Gasteiger partial charge in [-0.15, -0.1) is 0 Å². The highest BCUT2D eigenvalue weighted by atomic mass is 16.2. The van der Waals surface area contributed by atoms with Crippen molar-refractivity contribution in [1.29, 1.82) is 0 Å². The van der Waals surface area contributed by atoms with Crippen molar-refractivity contribution in [3.8, 4) is 0 Å². The average molecular weight is 128 g/mol. The van der Waals surface area contributed by atoms with Gasteiger partial charge in [0.15, 0.2) is 0 Å². The molecule has 3 heteroatoms. The second-order valence-electron chi connectivity index (χ2n) is 2.48. The Balaban J connectivity index is 2.30. The number of hydrogen-bond acceptors (Lipinski definition) is 2. The van der Waals surface area contributed by atoms with E-state index in [1.165, 1.54) is 0 Å². The van der Waals surface area contributed by atoms with Crippen LogP contribution in [0, 0.1) is 5.92 Å². The van der Waals surface area contributed by atoms with Gasteiger partial charge in [0.1, 0.15) is 0 Å². The smallest absolute Gasteiger partial charge is 0.236 e. The number of nitrogens with two attached hydrogens (primary N) is 1. The summed E-state index contributed by atoms with van der Waals surface area (Å²) in [5.41, 5.74) is 5.52. The van der Waals surface area contributed by atoms with E-state index in [-0.39, 0.29) is 11.9 Å². The molecule has 1 saturated carbocycles. The summed E-state index contributed by atoms with van der Waals surface area (Å²) in [4.78, 5) is 10.8. The first-order valence-corrected chi connectivity index (χ1v) is 3.23. The van der Waals surface area contributed by atoms with Gasteiger partial charge in [-0.25, -0.2) is 0 Å². The number of carbonyl (C=O) groups excluding carboxylic acids is 1. The van der Waals surface area contributed by atoms with Crippen LogP contribution in [0.15, 0.2) is 0 Å². The Morgan fingerprint density at radius 2 is 2.33 bits per heavy atom. The van der Waals surface area contributed by atoms with Crippen molar-refractivity contribution in [2.24, 2.45) is 11.7 Å². The van der Waals surface area contributed by atoms with E-state index >= 15 is 0 Å². The molecule has 0 unspecified atom stereocenters. The van der Waals surface area contributed by atoms with E-state index in [4.69, 9.17) is 5.73 Å². The van der Waals surface area contributed by atoms with E-state index in [1.807, 2.05) is 0 Å². The summed E-state index contributed by atoms with van der Waals surface area (Å²) in [6.45, 7) is 0. The van der Waals surface area contributed by atoms with Crippen molar-refractivity contribution < 1.29 is 4.79 Å². The SMILES string of the molecule is CNC(=O)[C@@H](N)C1CC1. The Bertz CT molecular complexity index is 120. The van der Waals surface area contributed by atoms with Gasteiger partial charge in [0.2, 0.25) is 5.91 Å². The second kappa shape index (κ2) is 2.35. The molecule has 52 valence electrons. The van der Waals surface area contributed by atoms with Crippen LogP contribution in [0.5, 0.6) is 0 Å². The van der Waals surface area contributed by atoms with Crippen LogP contribution >= 0.6 is 0 Å². The fourth-order valence-corrected chi connectivity index (χ4v) is 0.836. The normalized spacial score (nSPS) is 21.1. The lowest BCUT2D eigenvalue weighted by atomic mass is 10.2. The fourth-order valence-electron chi connectivity index (χ4n) is 0.836. The van der Waals surface area contributed by atoms with Gasteiger partial charge in [0.25, 0.3) is 0 Å². The number of amides is 1. The molecule has 0 aromatic rings. The zero-order valence-corrected chi connectivity index (χ0v) is 5.55. The standard InChI is InChI=1S/C6H12N2O/c1-8-6(9)5(7)4-2-3-4/h4-5H,2-3,7H2,1H3,(H,8,9)/t5-/m0/s1. The van der Waals surface area contributed by atoms with Crippen LogP contribution in [0.2, 0.25) is 0 Å². The first-order chi connectivity index (χ1) is 4.25. The largest absolute Gasteiger partial charge is 0.358 e. The lowest BCUT2D eigenvalue weighted by Gasteiger charge is -2.06. The van der Waals surface area contributed by atoms with Gasteiger partial charge in [-0.1, -0.05) is 0 Å². The monoisotopic (exact) mass is 128 g/mol. The molecule has 1 atom stereocenters. The zero-order chi connectivity index (χ0) is 6.85. The minimum absolute atomic E-state index is 0.0301. The van der Waals surface area contributed by atoms with Crippen molar-refractivity contribution in [2.45, 2.75) is 18.9 Å². The summed E-state index contributed by atoms with van der Waals surface area (Å²) < 4.78 is 0. The highest BCUT2D eigenvalue weighted by Crippen LogP contribution is 2.31. The Morgan fingerprint density at radius 3 is 2.67 bits per heavy atom. The molecule has 0 spiro atoms. The molecule has 1 rings (SSSR count). The Kier molecular flexibility index (Phi) is 1.71. The van der Waals surface area contributed by atoms with Gasteiger partial charge < -0.3 is 11.1 Å². The topological polar surface area (TPSA) is 55.1 Å². The molecule has 0 heterocycles. The minimum atomic E-state index is -0.255. The molecule has 0 radical (unpaired) electrons. The summed E-state index contributed by atoms with van der Waals surface area (Å²) in [5.74, 6) is 0.433. The van der Waals surface area contributed by atoms with E-state index < -0.39 is 0 Å². The van der Waals surface area contributed by atoms with Gasteiger partial charge >= 0.3 is 0 Å². The average Bonchev–Trinajstić information content (AvgIpc) is 2.66. The van der Waals surface area contributed by atoms with Crippen molar-refractivity contribution in [1.82, 2.24) is 5.32 Å². The molecule has 1 amide bonds. The third-order valence-electron chi connectivity index (χ3n) is 1.68. The Labute approximate surface area is 54.6 Å². The molecular weight excluding hydrogens is 116 g/mol. The quantitative estimate of drug-likeness (QED) is 0.525. The first kappa shape index (κ1) is 6.55. The molecule has 3 nitrogen and oxygen atoms in total. The molecule has 0 aromatic carbocycles. The third-order valence-corrected chi connectivity index (χ3v) is 1.68. The molecular formula is C6H12N2O. The van der Waals surface area contributed by atoms with Crippen LogP contribution in [0.1, 0.15) is 12.8 Å². The second-order valence-corrected chi connectivity index (χ2v) is 2.48. The highest BCUT2D eigenvalue weighted by Gasteiger charge is 2.32. The van der Waals surface area contributed by atoms with Crippen LogP contribution in [-0.4, -0.2) is 19.0 Å². The summed E-state index contributed by atoms with van der Waals surface area (Å²) in [7, 11) is 1.62. The van der Waals surface area contributed by atoms with Crippen molar-refractivity contribution in [3.05, 3.63) is 0 Å². The molecule has 0 aliphatic heterocycles. The van der Waals surface area contributed by atoms with Crippen LogP contribution in [0.4, 0.5) is 0 Å². The maximum atomic E-state index is 10.8. The molecule has 1 aliphatic rings. The van der Waals surface area contributed by atoms with E-state index in [1.54, 1.807) is 7.05 Å². The summed E-state index contributed by atoms with van der Waals surface area (Å²) >= 11 is 0. The molecule has 1 fully saturated rings. The van der Waals surface area contributed by atoms with Crippen molar-refractivity contribution >= 4 is 5.91 Å². The maximum Gasteiger partial charge on any atom is 0.236 e. The van der Waals surface area contributed by atoms with Crippen LogP contribution < -0.4 is 11.1 Å². The molecule has 1 aliphatic carbocycles. The number of hydrogen-bond donors (Lipinski definition) is 2. The number of nitrogens with one attached hydrogen (secondary N) is 1. The van der Waals surface area contributed by atoms with Gasteiger partial charge in [-0.3, -0.25) is 4.79 Å². The van der Waals surface area contributed by atoms with Crippen LogP contribution in [0.3, 0.4) is 0 Å². The summed E-state index contributed by atoms with van der Waals surface area (Å²) in [6, 6.07) is -0.255. The van der Waals surface area contributed by atoms with E-state index in [0.29, 0.717) is 5.92 Å². The summed E-state index contributed by atoms with van der Waals surface area (Å²) in [6.07, 6.45) is 2.24. The minimum Gasteiger partial charge on any atom is -0.358 e. The van der Waals surface area contributed by atoms with Gasteiger partial charge in [-0.05, 0) is 18.8 Å². The lowest BCUT2D eigenvalue weighted by Crippen LogP contribution is -2.40. The van der Waals surface area contributed by atoms with Gasteiger partial charge in [0, 0.05) is 7.05 Å². The Morgan fingerprint density at radius 1 is 1.78 bits per heavy atom. The molecule has 3 N–H and O–H groups in total. The highest BCUT2D eigenvalue weighted by molar-refractivity contribution is 5.81. The third kappa shape index (κ3) is 1.42. The van der Waals surface area contributed by atoms with Crippen molar-refractivity contribution in [3.63, 3.8) is 0 Å². The van der Waals surface area contributed by atoms with E-state index in [9.17, 15) is 4.79 Å². The van der Waals surface area contributed by atoms with Gasteiger partial charge in [-0.2, -0.15) is 0 Å². The number of rotatable bonds is 2. The predicted octanol–water partition coefficient (Wildman–Crippen LogP) is -0.530. The molecule has 9 heavy (non-hydrogen) atoms. The maximum absolute atomic E-state index is 10.8. The van der Waals surface area contributed by atoms with E-state index in [0.717, 1.165) is 12.8 Å². The zero-order valence-electron chi connectivity index (χ0n) is 5.55. The van der Waals surface area contributed by atoms with E-state index in [2.05, 4.69) is 5.32 Å². The Hall–Kier alpha value is -0.570. The first-order valence-electron chi connectivity index (χ1n) is 3.23. The van der Waals surface area contributed by atoms with Crippen molar-refractivity contribution in [2.75, 3.05) is 7.05 Å². The lowest BCUT2D eigenvalue weighted by molar-refractivity contribution is -0.122. The summed E-state index contributed by atoms with van der Waals surface area (Å²) in [5, 5.41) is 2.52. The molecule has 0 saturated heterocycles. The predicted molar refractivity (Wildman–Crippen MR) is 34.8 cm³/mol. The van der Waals surface area contributed by atoms with Crippen LogP contribution in [-0.2, 0) is 4.79 Å². The van der Waals surface area contributed by atoms with Gasteiger partial charge in [0.05, 0.1) is 6.04 Å². The molecule has 0 aromatic heterocycles. The van der Waals surface area contributed by atoms with Crippen LogP contribution in [0.25, 0.3) is 0 Å². The number of carbonyl (C=O) groups is 1. The number of likely N-dealkylation sites (N-methyl/N-ethyl adjacent to an activating group) is 1. The molecule has 0 bridgehead atoms.